The molecular weight excluding hydrogens is 490 g/mol. The van der Waals surface area contributed by atoms with Crippen LogP contribution in [0.15, 0.2) is 52.9 Å². The maximum Gasteiger partial charge on any atom is 0.338 e. The number of methoxy groups -OCH3 is 3. The van der Waals surface area contributed by atoms with Crippen molar-refractivity contribution in [1.29, 1.82) is 0 Å². The van der Waals surface area contributed by atoms with Crippen molar-refractivity contribution >= 4 is 35.7 Å². The lowest BCUT2D eigenvalue weighted by atomic mass is 9.71. The molecule has 2 unspecified atom stereocenters. The number of anilines is 1. The molecule has 198 valence electrons. The largest absolute Gasteiger partial charge is 0.468 e. The minimum absolute atomic E-state index is 0.104. The summed E-state index contributed by atoms with van der Waals surface area (Å²) in [5.41, 5.74) is 13.7. The zero-order valence-electron chi connectivity index (χ0n) is 20.7. The molecule has 0 aromatic heterocycles. The molecule has 2 aliphatic heterocycles. The van der Waals surface area contributed by atoms with Crippen LogP contribution in [0.3, 0.4) is 0 Å². The minimum atomic E-state index is -2.49. The van der Waals surface area contributed by atoms with Crippen LogP contribution in [0.4, 0.5) is 15.3 Å². The zero-order valence-corrected chi connectivity index (χ0v) is 20.7. The Morgan fingerprint density at radius 3 is 1.73 bits per heavy atom. The van der Waals surface area contributed by atoms with Crippen LogP contribution < -0.4 is 27.6 Å². The molecule has 1 aromatic carbocycles. The van der Waals surface area contributed by atoms with Crippen LogP contribution in [-0.4, -0.2) is 67.1 Å². The number of esters is 3. The molecule has 0 fully saturated rings. The number of rotatable bonds is 6. The smallest absolute Gasteiger partial charge is 0.338 e. The van der Waals surface area contributed by atoms with Gasteiger partial charge in [-0.05, 0) is 26.0 Å². The number of fused-ring (bicyclic) bond motifs is 1. The number of primary amides is 1. The van der Waals surface area contributed by atoms with Gasteiger partial charge in [-0.25, -0.2) is 40.0 Å². The summed E-state index contributed by atoms with van der Waals surface area (Å²) in [6.07, 6.45) is 0. The second kappa shape index (κ2) is 9.69. The van der Waals surface area contributed by atoms with E-state index in [9.17, 15) is 24.0 Å². The van der Waals surface area contributed by atoms with E-state index >= 15 is 0 Å². The van der Waals surface area contributed by atoms with E-state index in [1.165, 1.54) is 13.8 Å². The Kier molecular flexibility index (Phi) is 7.02. The summed E-state index contributed by atoms with van der Waals surface area (Å²) in [7, 11) is 3.10. The highest BCUT2D eigenvalue weighted by Crippen LogP contribution is 2.60. The quantitative estimate of drug-likeness (QED) is 0.242. The Bertz CT molecular complexity index is 1230. The van der Waals surface area contributed by atoms with Crippen LogP contribution in [0.1, 0.15) is 13.8 Å². The summed E-state index contributed by atoms with van der Waals surface area (Å²) in [5.74, 6) is -5.75. The second-order valence-electron chi connectivity index (χ2n) is 7.95. The Morgan fingerprint density at radius 2 is 1.30 bits per heavy atom. The van der Waals surface area contributed by atoms with E-state index in [-0.39, 0.29) is 11.4 Å². The van der Waals surface area contributed by atoms with Crippen LogP contribution in [0.5, 0.6) is 0 Å². The van der Waals surface area contributed by atoms with Gasteiger partial charge in [0, 0.05) is 17.1 Å². The molecule has 0 radical (unpaired) electrons. The lowest BCUT2D eigenvalue weighted by Gasteiger charge is -2.47. The number of para-hydroxylation sites is 1. The Balaban J connectivity index is 2.32. The molecule has 2 atom stereocenters. The predicted molar refractivity (Wildman–Crippen MR) is 126 cm³/mol. The molecular formula is C22H27N7O8. The van der Waals surface area contributed by atoms with Crippen molar-refractivity contribution in [2.75, 3.05) is 26.6 Å². The Hall–Kier alpha value is -4.79. The monoisotopic (exact) mass is 517 g/mol. The number of ether oxygens (including phenoxy) is 3. The van der Waals surface area contributed by atoms with Gasteiger partial charge in [0.25, 0.3) is 0 Å². The van der Waals surface area contributed by atoms with E-state index < -0.39 is 52.3 Å². The van der Waals surface area contributed by atoms with Gasteiger partial charge in [-0.15, -0.1) is 0 Å². The van der Waals surface area contributed by atoms with Crippen molar-refractivity contribution < 1.29 is 38.2 Å². The van der Waals surface area contributed by atoms with Crippen LogP contribution in [0.25, 0.3) is 0 Å². The van der Waals surface area contributed by atoms with Gasteiger partial charge >= 0.3 is 30.0 Å². The van der Waals surface area contributed by atoms with Crippen molar-refractivity contribution in [3.05, 3.63) is 52.9 Å². The topological polar surface area (TPSA) is 208 Å². The van der Waals surface area contributed by atoms with Crippen molar-refractivity contribution in [3.8, 4) is 0 Å². The average Bonchev–Trinajstić information content (AvgIpc) is 3.18. The van der Waals surface area contributed by atoms with E-state index in [0.717, 1.165) is 31.3 Å². The standard InChI is InChI=1S/C22H27N7O8/c1-11-14(16(30)35-3)21(18(32)37-5)15(17(31)36-4)12(2)29(22(21,24)28(11)26-19(23)33)27-20(34)25-13-9-7-6-8-10-13/h6-10H,24H2,1-5H3,(H3,23,26,33)(H2,25,27,34). The summed E-state index contributed by atoms with van der Waals surface area (Å²) in [6.45, 7) is 2.67. The van der Waals surface area contributed by atoms with Crippen LogP contribution >= 0.6 is 0 Å². The molecule has 15 nitrogen and oxygen atoms in total. The fraction of sp³-hybridized carbons (Fsp3) is 0.318. The van der Waals surface area contributed by atoms with E-state index in [0.29, 0.717) is 5.69 Å². The second-order valence-corrected chi connectivity index (χ2v) is 7.95. The molecule has 4 amide bonds. The lowest BCUT2D eigenvalue weighted by Crippen LogP contribution is -2.76. The molecule has 0 saturated carbocycles. The number of nitrogens with one attached hydrogen (secondary N) is 3. The summed E-state index contributed by atoms with van der Waals surface area (Å²) < 4.78 is 14.8. The van der Waals surface area contributed by atoms with Crippen molar-refractivity contribution in [3.63, 3.8) is 0 Å². The number of hydrogen-bond donors (Lipinski definition) is 5. The third-order valence-corrected chi connectivity index (χ3v) is 6.12. The number of carbonyl (C=O) groups excluding carboxylic acids is 5. The van der Waals surface area contributed by atoms with E-state index in [2.05, 4.69) is 16.2 Å². The Morgan fingerprint density at radius 1 is 0.811 bits per heavy atom. The van der Waals surface area contributed by atoms with Gasteiger partial charge in [-0.3, -0.25) is 10.5 Å². The molecule has 2 aliphatic rings. The number of carbonyl (C=O) groups is 5. The molecule has 0 aliphatic carbocycles. The molecule has 1 aromatic rings. The molecule has 0 saturated heterocycles. The first-order chi connectivity index (χ1) is 17.4. The zero-order chi connectivity index (χ0) is 27.7. The molecule has 2 heterocycles. The van der Waals surface area contributed by atoms with Gasteiger partial charge in [0.05, 0.1) is 32.5 Å². The van der Waals surface area contributed by atoms with Gasteiger partial charge in [0.2, 0.25) is 5.79 Å². The molecule has 37 heavy (non-hydrogen) atoms. The fourth-order valence-electron chi connectivity index (χ4n) is 4.75. The Labute approximate surface area is 211 Å². The predicted octanol–water partition coefficient (Wildman–Crippen LogP) is -0.396. The highest BCUT2D eigenvalue weighted by atomic mass is 16.5. The van der Waals surface area contributed by atoms with Gasteiger partial charge in [-0.2, -0.15) is 0 Å². The van der Waals surface area contributed by atoms with E-state index in [1.807, 2.05) is 0 Å². The number of nitrogens with two attached hydrogens (primary N) is 2. The number of hydrazine groups is 2. The van der Waals surface area contributed by atoms with E-state index in [1.54, 1.807) is 30.3 Å². The molecule has 15 heteroatoms. The summed E-state index contributed by atoms with van der Waals surface area (Å²) in [5, 5.41) is 4.38. The lowest BCUT2D eigenvalue weighted by molar-refractivity contribution is -0.167. The fourth-order valence-corrected chi connectivity index (χ4v) is 4.75. The number of benzene rings is 1. The molecule has 0 spiro atoms. The van der Waals surface area contributed by atoms with Crippen LogP contribution in [0.2, 0.25) is 0 Å². The van der Waals surface area contributed by atoms with Gasteiger partial charge in [0.1, 0.15) is 0 Å². The molecule has 7 N–H and O–H groups in total. The summed E-state index contributed by atoms with van der Waals surface area (Å²) >= 11 is 0. The highest BCUT2D eigenvalue weighted by Gasteiger charge is 2.78. The first-order valence-electron chi connectivity index (χ1n) is 10.7. The maximum absolute atomic E-state index is 13.6. The van der Waals surface area contributed by atoms with Crippen molar-refractivity contribution in [2.45, 2.75) is 19.6 Å². The third kappa shape index (κ3) is 3.76. The molecule has 3 rings (SSSR count). The number of hydrogen-bond acceptors (Lipinski definition) is 11. The summed E-state index contributed by atoms with van der Waals surface area (Å²) in [4.78, 5) is 64.8. The van der Waals surface area contributed by atoms with Crippen molar-refractivity contribution in [2.24, 2.45) is 16.9 Å². The van der Waals surface area contributed by atoms with E-state index in [4.69, 9.17) is 25.7 Å². The minimum Gasteiger partial charge on any atom is -0.468 e. The summed E-state index contributed by atoms with van der Waals surface area (Å²) in [6, 6.07) is 6.36. The van der Waals surface area contributed by atoms with Crippen LogP contribution in [-0.2, 0) is 28.6 Å². The first kappa shape index (κ1) is 26.8. The number of urea groups is 2. The molecule has 0 bridgehead atoms. The van der Waals surface area contributed by atoms with Gasteiger partial charge in [0.15, 0.2) is 5.41 Å². The maximum atomic E-state index is 13.6. The van der Waals surface area contributed by atoms with Gasteiger partial charge < -0.3 is 25.3 Å². The van der Waals surface area contributed by atoms with Crippen LogP contribution in [0, 0.1) is 5.41 Å². The average molecular weight is 517 g/mol. The SMILES string of the molecule is COC(=O)C1=C(C)N(NC(N)=O)C2(N)N(NC(=O)Nc3ccccc3)C(C)=C(C(=O)OC)C12C(=O)OC. The number of allylic oxidation sites excluding steroid dienone is 2. The van der Waals surface area contributed by atoms with Crippen molar-refractivity contribution in [1.82, 2.24) is 20.9 Å². The number of amides is 4. The third-order valence-electron chi connectivity index (χ3n) is 6.12. The highest BCUT2D eigenvalue weighted by molar-refractivity contribution is 6.11. The normalized spacial score (nSPS) is 22.3. The van der Waals surface area contributed by atoms with Gasteiger partial charge in [-0.1, -0.05) is 18.2 Å². The first-order valence-corrected chi connectivity index (χ1v) is 10.7. The number of nitrogens with zero attached hydrogens (tertiary/aromatic N) is 2.